The third-order valence-corrected chi connectivity index (χ3v) is 5.79. The zero-order valence-electron chi connectivity index (χ0n) is 26.0. The van der Waals surface area contributed by atoms with Gasteiger partial charge in [-0.25, -0.2) is 19.2 Å². The molecule has 1 aromatic rings. The summed E-state index contributed by atoms with van der Waals surface area (Å²) in [5.74, 6) is -5.06. The molecule has 2 unspecified atom stereocenters. The average Bonchev–Trinajstić information content (AvgIpc) is 3.04. The van der Waals surface area contributed by atoms with Crippen LogP contribution < -0.4 is 0 Å². The highest BCUT2D eigenvalue weighted by molar-refractivity contribution is 5.81. The molecule has 0 radical (unpaired) electrons. The second kappa shape index (κ2) is 26.4. The van der Waals surface area contributed by atoms with Crippen molar-refractivity contribution in [3.63, 3.8) is 0 Å². The number of esters is 5. The van der Waals surface area contributed by atoms with Crippen molar-refractivity contribution in [2.75, 3.05) is 26.4 Å². The van der Waals surface area contributed by atoms with Crippen molar-refractivity contribution >= 4 is 35.8 Å². The van der Waals surface area contributed by atoms with Crippen LogP contribution in [0.1, 0.15) is 83.6 Å². The molecule has 45 heavy (non-hydrogen) atoms. The van der Waals surface area contributed by atoms with E-state index in [1.807, 2.05) is 44.2 Å². The van der Waals surface area contributed by atoms with E-state index in [1.54, 1.807) is 0 Å². The summed E-state index contributed by atoms with van der Waals surface area (Å²) in [5, 5.41) is 25.9. The highest BCUT2D eigenvalue weighted by atomic mass is 16.6. The average molecular weight is 643 g/mol. The van der Waals surface area contributed by atoms with Crippen LogP contribution >= 0.6 is 0 Å². The normalized spacial score (nSPS) is 11.6. The second-order valence-corrected chi connectivity index (χ2v) is 9.64. The van der Waals surface area contributed by atoms with Gasteiger partial charge in [0, 0.05) is 25.7 Å². The second-order valence-electron chi connectivity index (χ2n) is 9.64. The Morgan fingerprint density at radius 1 is 0.644 bits per heavy atom. The zero-order valence-corrected chi connectivity index (χ0v) is 26.0. The third kappa shape index (κ3) is 22.2. The van der Waals surface area contributed by atoms with E-state index in [0.29, 0.717) is 12.8 Å². The molecule has 1 rings (SSSR count). The molecule has 3 N–H and O–H groups in total. The molecule has 14 nitrogen and oxygen atoms in total. The van der Waals surface area contributed by atoms with E-state index in [0.717, 1.165) is 31.2 Å². The molecule has 254 valence electrons. The number of carboxylic acids is 1. The lowest BCUT2D eigenvalue weighted by Crippen LogP contribution is -2.31. The number of aliphatic hydroxyl groups is 2. The molecule has 0 bridgehead atoms. The number of rotatable bonds is 22. The van der Waals surface area contributed by atoms with Gasteiger partial charge in [-0.2, -0.15) is 0 Å². The number of carbonyl (C=O) groups excluding carboxylic acids is 5. The summed E-state index contributed by atoms with van der Waals surface area (Å²) in [6, 6.07) is 9.18. The monoisotopic (exact) mass is 642 g/mol. The summed E-state index contributed by atoms with van der Waals surface area (Å²) in [6.45, 7) is 2.85. The number of aliphatic hydroxyl groups excluding tert-OH is 2. The van der Waals surface area contributed by atoms with Gasteiger partial charge in [0.15, 0.2) is 12.2 Å². The van der Waals surface area contributed by atoms with Crippen LogP contribution in [0.15, 0.2) is 30.3 Å². The van der Waals surface area contributed by atoms with Crippen molar-refractivity contribution in [1.82, 2.24) is 0 Å². The van der Waals surface area contributed by atoms with Crippen LogP contribution in [-0.4, -0.2) is 89.8 Å². The summed E-state index contributed by atoms with van der Waals surface area (Å²) >= 11 is 0. The highest BCUT2D eigenvalue weighted by Gasteiger charge is 2.26. The van der Waals surface area contributed by atoms with Crippen molar-refractivity contribution < 1.29 is 67.8 Å². The Bertz CT molecular complexity index is 1010. The Labute approximate surface area is 262 Å². The van der Waals surface area contributed by atoms with Crippen LogP contribution in [0.4, 0.5) is 0 Å². The van der Waals surface area contributed by atoms with E-state index in [-0.39, 0.29) is 45.5 Å². The molecule has 0 aliphatic heterocycles. The Morgan fingerprint density at radius 2 is 1.11 bits per heavy atom. The summed E-state index contributed by atoms with van der Waals surface area (Å²) in [4.78, 5) is 68.1. The van der Waals surface area contributed by atoms with Gasteiger partial charge in [0.05, 0.1) is 13.2 Å². The van der Waals surface area contributed by atoms with Gasteiger partial charge in [-0.3, -0.25) is 9.59 Å². The third-order valence-electron chi connectivity index (χ3n) is 5.79. The minimum absolute atomic E-state index is 0.0635. The lowest BCUT2D eigenvalue weighted by Gasteiger charge is -2.16. The number of carbonyl (C=O) groups is 6. The quantitative estimate of drug-likeness (QED) is 0.0944. The van der Waals surface area contributed by atoms with Crippen molar-refractivity contribution in [3.05, 3.63) is 35.9 Å². The van der Waals surface area contributed by atoms with E-state index in [9.17, 15) is 28.8 Å². The molecule has 0 heterocycles. The number of aliphatic carboxylic acids is 1. The molecule has 0 aromatic heterocycles. The van der Waals surface area contributed by atoms with Crippen molar-refractivity contribution in [2.45, 2.75) is 96.9 Å². The first-order chi connectivity index (χ1) is 21.6. The number of ether oxygens (including phenoxy) is 5. The highest BCUT2D eigenvalue weighted by Crippen LogP contribution is 2.10. The Hall–Kier alpha value is -4.04. The lowest BCUT2D eigenvalue weighted by molar-refractivity contribution is -0.170. The molecular formula is C31H46O14. The van der Waals surface area contributed by atoms with Crippen LogP contribution in [0, 0.1) is 0 Å². The molecule has 0 saturated heterocycles. The van der Waals surface area contributed by atoms with Gasteiger partial charge in [-0.15, -0.1) is 0 Å². The van der Waals surface area contributed by atoms with Gasteiger partial charge in [-0.05, 0) is 18.4 Å². The van der Waals surface area contributed by atoms with Crippen molar-refractivity contribution in [1.29, 1.82) is 0 Å². The fourth-order valence-corrected chi connectivity index (χ4v) is 3.39. The molecule has 0 fully saturated rings. The summed E-state index contributed by atoms with van der Waals surface area (Å²) in [6.07, 6.45) is 1.99. The molecule has 0 aliphatic carbocycles. The predicted molar refractivity (Wildman–Crippen MR) is 157 cm³/mol. The van der Waals surface area contributed by atoms with Crippen molar-refractivity contribution in [2.24, 2.45) is 0 Å². The van der Waals surface area contributed by atoms with E-state index in [1.165, 1.54) is 0 Å². The summed E-state index contributed by atoms with van der Waals surface area (Å²) in [5.41, 5.74) is 0.847. The van der Waals surface area contributed by atoms with Crippen LogP contribution in [0.2, 0.25) is 0 Å². The fraction of sp³-hybridized carbons (Fsp3) is 0.613. The number of benzene rings is 1. The molecular weight excluding hydrogens is 596 g/mol. The Morgan fingerprint density at radius 3 is 1.53 bits per heavy atom. The van der Waals surface area contributed by atoms with E-state index < -0.39 is 61.2 Å². The van der Waals surface area contributed by atoms with Gasteiger partial charge < -0.3 is 39.0 Å². The molecule has 0 saturated carbocycles. The largest absolute Gasteiger partial charge is 0.481 e. The first-order valence-electron chi connectivity index (χ1n) is 14.9. The van der Waals surface area contributed by atoms with Crippen LogP contribution in [0.25, 0.3) is 0 Å². The first kappa shape index (κ1) is 41.0. The fourth-order valence-electron chi connectivity index (χ4n) is 3.39. The van der Waals surface area contributed by atoms with Crippen LogP contribution in [0.5, 0.6) is 0 Å². The summed E-state index contributed by atoms with van der Waals surface area (Å²) in [7, 11) is 0. The minimum atomic E-state index is -1.28. The van der Waals surface area contributed by atoms with E-state index >= 15 is 0 Å². The maximum Gasteiger partial charge on any atom is 0.347 e. The van der Waals surface area contributed by atoms with E-state index in [4.69, 9.17) is 34.3 Å². The number of hydrogen-bond donors (Lipinski definition) is 3. The molecule has 0 spiro atoms. The van der Waals surface area contributed by atoms with Gasteiger partial charge in [0.25, 0.3) is 0 Å². The standard InChI is InChI=1S/C19H26O7.C12H20O7/c1-2-3-7-12-24-19(23)16(26-18(22)13-20)10-11-17(21)25-14-15-8-5-4-6-9-15;1-2-3-4-7-18-12(17)9(5-6-10(14)15)19-11(16)8-13/h4-6,8-9,16,20H,2-3,7,10-14H2,1H3;9,13H,2-8H2,1H3,(H,14,15). The first-order valence-corrected chi connectivity index (χ1v) is 14.9. The molecule has 14 heteroatoms. The smallest absolute Gasteiger partial charge is 0.347 e. The summed E-state index contributed by atoms with van der Waals surface area (Å²) < 4.78 is 24.6. The van der Waals surface area contributed by atoms with Gasteiger partial charge in [-0.1, -0.05) is 69.9 Å². The van der Waals surface area contributed by atoms with Gasteiger partial charge >= 0.3 is 35.8 Å². The molecule has 0 aliphatic rings. The van der Waals surface area contributed by atoms with E-state index in [2.05, 4.69) is 4.74 Å². The number of carboxylic acid groups (broad SMARTS) is 1. The van der Waals surface area contributed by atoms with Crippen LogP contribution in [-0.2, 0) is 59.1 Å². The lowest BCUT2D eigenvalue weighted by atomic mass is 10.2. The number of hydrogen-bond acceptors (Lipinski definition) is 13. The maximum absolute atomic E-state index is 12.0. The van der Waals surface area contributed by atoms with Gasteiger partial charge in [0.2, 0.25) is 0 Å². The maximum atomic E-state index is 12.0. The molecule has 1 aromatic carbocycles. The molecule has 2 atom stereocenters. The van der Waals surface area contributed by atoms with Crippen LogP contribution in [0.3, 0.4) is 0 Å². The topological polar surface area (TPSA) is 209 Å². The number of unbranched alkanes of at least 4 members (excludes halogenated alkanes) is 4. The zero-order chi connectivity index (χ0) is 33.9. The van der Waals surface area contributed by atoms with Crippen molar-refractivity contribution in [3.8, 4) is 0 Å². The predicted octanol–water partition coefficient (Wildman–Crippen LogP) is 2.64. The Kier molecular flexibility index (Phi) is 24.0. The van der Waals surface area contributed by atoms with Gasteiger partial charge in [0.1, 0.15) is 19.8 Å². The molecule has 0 amide bonds. The Balaban J connectivity index is 0.000000907. The minimum Gasteiger partial charge on any atom is -0.481 e. The SMILES string of the molecule is CCCCCOC(=O)C(CCC(=O)O)OC(=O)CO.CCCCCOC(=O)C(CCC(=O)OCc1ccccc1)OC(=O)CO.